The molecule has 0 atom stereocenters. The first-order valence-corrected chi connectivity index (χ1v) is 14.2. The number of rotatable bonds is 10. The number of carbonyl (C=O) groups is 3. The van der Waals surface area contributed by atoms with Crippen LogP contribution in [0.15, 0.2) is 121 Å². The molecule has 0 spiro atoms. The number of phenols is 1. The van der Waals surface area contributed by atoms with Crippen molar-refractivity contribution >= 4 is 23.5 Å². The number of aromatic hydroxyl groups is 1. The molecule has 238 valence electrons. The molecule has 0 aliphatic heterocycles. The highest BCUT2D eigenvalue weighted by molar-refractivity contribution is 6.06. The Bertz CT molecular complexity index is 1880. The third-order valence-corrected chi connectivity index (χ3v) is 7.14. The Morgan fingerprint density at radius 2 is 1.32 bits per heavy atom. The van der Waals surface area contributed by atoms with Gasteiger partial charge in [0.05, 0.1) is 12.1 Å². The quantitative estimate of drug-likeness (QED) is 0.144. The molecule has 2 amide bonds. The Morgan fingerprint density at radius 1 is 0.723 bits per heavy atom. The van der Waals surface area contributed by atoms with Crippen LogP contribution in [0.3, 0.4) is 0 Å². The molecule has 5 aromatic carbocycles. The van der Waals surface area contributed by atoms with E-state index < -0.39 is 34.9 Å². The number of ether oxygens (including phenoxy) is 1. The van der Waals surface area contributed by atoms with Crippen molar-refractivity contribution in [2.45, 2.75) is 19.3 Å². The zero-order valence-electron chi connectivity index (χ0n) is 24.6. The molecule has 0 heterocycles. The van der Waals surface area contributed by atoms with Gasteiger partial charge in [0, 0.05) is 23.4 Å². The molecule has 47 heavy (non-hydrogen) atoms. The first-order valence-electron chi connectivity index (χ1n) is 14.2. The molecule has 0 bridgehead atoms. The Hall–Kier alpha value is -6.10. The van der Waals surface area contributed by atoms with Crippen molar-refractivity contribution in [3.05, 3.63) is 155 Å². The van der Waals surface area contributed by atoms with E-state index in [0.717, 1.165) is 42.0 Å². The molecule has 0 saturated carbocycles. The van der Waals surface area contributed by atoms with Gasteiger partial charge < -0.3 is 25.2 Å². The average molecular weight is 641 g/mol. The Balaban J connectivity index is 1.29. The minimum Gasteiger partial charge on any atom is -0.507 e. The minimum absolute atomic E-state index is 0.0707. The van der Waals surface area contributed by atoms with Crippen molar-refractivity contribution in [2.24, 2.45) is 0 Å². The molecular formula is C36H27F3N2O6. The lowest BCUT2D eigenvalue weighted by Gasteiger charge is -2.24. The van der Waals surface area contributed by atoms with Gasteiger partial charge in [-0.05, 0) is 90.0 Å². The number of anilines is 1. The molecule has 0 radical (unpaired) electrons. The van der Waals surface area contributed by atoms with Crippen LogP contribution < -0.4 is 15.0 Å². The fraction of sp³-hybridized carbons (Fsp3) is 0.0833. The van der Waals surface area contributed by atoms with E-state index in [1.54, 1.807) is 36.4 Å². The van der Waals surface area contributed by atoms with Crippen LogP contribution in [0.4, 0.5) is 18.9 Å². The molecule has 0 fully saturated rings. The number of hydrogen-bond acceptors (Lipinski definition) is 5. The van der Waals surface area contributed by atoms with Gasteiger partial charge in [-0.15, -0.1) is 0 Å². The number of para-hydroxylation sites is 1. The number of nitrogens with one attached hydrogen (secondary N) is 1. The number of halogens is 3. The summed E-state index contributed by atoms with van der Waals surface area (Å²) in [7, 11) is 0. The van der Waals surface area contributed by atoms with E-state index in [1.807, 2.05) is 42.5 Å². The molecule has 3 N–H and O–H groups in total. The van der Waals surface area contributed by atoms with Crippen molar-refractivity contribution in [1.82, 2.24) is 5.32 Å². The number of benzene rings is 5. The maximum Gasteiger partial charge on any atom is 0.416 e. The number of carboxylic acid groups (broad SMARTS) is 1. The number of nitrogens with zero attached hydrogens (tertiary/aromatic N) is 1. The summed E-state index contributed by atoms with van der Waals surface area (Å²) in [6, 6.07) is 30.1. The molecule has 0 saturated heterocycles. The molecule has 5 aromatic rings. The summed E-state index contributed by atoms with van der Waals surface area (Å²) >= 11 is 0. The zero-order valence-corrected chi connectivity index (χ0v) is 24.6. The Kier molecular flexibility index (Phi) is 9.55. The van der Waals surface area contributed by atoms with Crippen LogP contribution in [0.5, 0.6) is 17.2 Å². The summed E-state index contributed by atoms with van der Waals surface area (Å²) in [4.78, 5) is 39.2. The lowest BCUT2D eigenvalue weighted by Crippen LogP contribution is -2.30. The predicted molar refractivity (Wildman–Crippen MR) is 168 cm³/mol. The third-order valence-electron chi connectivity index (χ3n) is 7.14. The molecule has 5 rings (SSSR count). The Labute approximate surface area is 267 Å². The number of hydrogen-bond donors (Lipinski definition) is 3. The van der Waals surface area contributed by atoms with E-state index in [9.17, 15) is 37.8 Å². The second-order valence-electron chi connectivity index (χ2n) is 10.4. The van der Waals surface area contributed by atoms with Gasteiger partial charge >= 0.3 is 12.1 Å². The van der Waals surface area contributed by atoms with Crippen LogP contribution in [0.1, 0.15) is 47.8 Å². The van der Waals surface area contributed by atoms with Gasteiger partial charge in [-0.25, -0.2) is 4.79 Å². The first kappa shape index (κ1) is 32.3. The van der Waals surface area contributed by atoms with Crippen LogP contribution in [0.25, 0.3) is 0 Å². The summed E-state index contributed by atoms with van der Waals surface area (Å²) < 4.78 is 45.0. The topological polar surface area (TPSA) is 116 Å². The molecule has 11 heteroatoms. The van der Waals surface area contributed by atoms with Crippen LogP contribution in [0.2, 0.25) is 0 Å². The highest BCUT2D eigenvalue weighted by Crippen LogP contribution is 2.31. The van der Waals surface area contributed by atoms with Crippen molar-refractivity contribution in [1.29, 1.82) is 0 Å². The fourth-order valence-corrected chi connectivity index (χ4v) is 4.63. The van der Waals surface area contributed by atoms with Crippen molar-refractivity contribution in [3.8, 4) is 17.2 Å². The number of alkyl halides is 3. The van der Waals surface area contributed by atoms with Gasteiger partial charge in [0.25, 0.3) is 11.8 Å². The van der Waals surface area contributed by atoms with Crippen LogP contribution in [-0.2, 0) is 19.3 Å². The zero-order chi connectivity index (χ0) is 33.6. The number of carbonyl (C=O) groups excluding carboxylic acids is 2. The third kappa shape index (κ3) is 8.14. The predicted octanol–water partition coefficient (Wildman–Crippen LogP) is 7.68. The largest absolute Gasteiger partial charge is 0.507 e. The fourth-order valence-electron chi connectivity index (χ4n) is 4.63. The number of amides is 2. The summed E-state index contributed by atoms with van der Waals surface area (Å²) in [5.74, 6) is -1.64. The smallest absolute Gasteiger partial charge is 0.416 e. The maximum absolute atomic E-state index is 13.5. The van der Waals surface area contributed by atoms with Gasteiger partial charge in [0.2, 0.25) is 0 Å². The lowest BCUT2D eigenvalue weighted by atomic mass is 10.1. The first-order chi connectivity index (χ1) is 22.5. The summed E-state index contributed by atoms with van der Waals surface area (Å²) in [6.45, 7) is 0.136. The standard InChI is InChI=1S/C36H27F3N2O6/c37-36(38,39)27-14-12-26(13-15-27)34(44)41(28-16-19-32(42)31(20-28)35(45)46)22-24-6-10-25(11-7-24)33(43)40-21-23-8-17-30(18-9-23)47-29-4-2-1-3-5-29/h1-20,42H,21-22H2,(H,40,43)(H,45,46). The lowest BCUT2D eigenvalue weighted by molar-refractivity contribution is -0.137. The van der Waals surface area contributed by atoms with Crippen LogP contribution in [-0.4, -0.2) is 28.0 Å². The van der Waals surface area contributed by atoms with Crippen molar-refractivity contribution in [3.63, 3.8) is 0 Å². The highest BCUT2D eigenvalue weighted by Gasteiger charge is 2.30. The van der Waals surface area contributed by atoms with Gasteiger partial charge in [-0.1, -0.05) is 42.5 Å². The number of aromatic carboxylic acids is 1. The van der Waals surface area contributed by atoms with E-state index in [-0.39, 0.29) is 30.2 Å². The summed E-state index contributed by atoms with van der Waals surface area (Å²) in [5, 5.41) is 22.3. The molecule has 0 aromatic heterocycles. The normalized spacial score (nSPS) is 11.0. The second kappa shape index (κ2) is 13.9. The average Bonchev–Trinajstić information content (AvgIpc) is 3.07. The van der Waals surface area contributed by atoms with Crippen molar-refractivity contribution in [2.75, 3.05) is 4.90 Å². The van der Waals surface area contributed by atoms with E-state index in [4.69, 9.17) is 4.74 Å². The monoisotopic (exact) mass is 640 g/mol. The van der Waals surface area contributed by atoms with Crippen molar-refractivity contribution < 1.29 is 42.5 Å². The van der Waals surface area contributed by atoms with Crippen LogP contribution in [0, 0.1) is 0 Å². The van der Waals surface area contributed by atoms with Gasteiger partial charge in [0.1, 0.15) is 22.8 Å². The van der Waals surface area contributed by atoms with E-state index >= 15 is 0 Å². The van der Waals surface area contributed by atoms with E-state index in [0.29, 0.717) is 22.6 Å². The summed E-state index contributed by atoms with van der Waals surface area (Å²) in [5.41, 5.74) is 0.365. The second-order valence-corrected chi connectivity index (χ2v) is 10.4. The molecule has 8 nitrogen and oxygen atoms in total. The number of carboxylic acids is 1. The summed E-state index contributed by atoms with van der Waals surface area (Å²) in [6.07, 6.45) is -4.59. The van der Waals surface area contributed by atoms with Gasteiger partial charge in [0.15, 0.2) is 0 Å². The molecule has 0 aliphatic carbocycles. The minimum atomic E-state index is -4.59. The maximum atomic E-state index is 13.5. The Morgan fingerprint density at radius 3 is 1.94 bits per heavy atom. The highest BCUT2D eigenvalue weighted by atomic mass is 19.4. The van der Waals surface area contributed by atoms with Gasteiger partial charge in [-0.3, -0.25) is 9.59 Å². The molecule has 0 aliphatic rings. The SMILES string of the molecule is O=C(NCc1ccc(Oc2ccccc2)cc1)c1ccc(CN(C(=O)c2ccc(C(F)(F)F)cc2)c2ccc(O)c(C(=O)O)c2)cc1. The van der Waals surface area contributed by atoms with Crippen LogP contribution >= 0.6 is 0 Å². The van der Waals surface area contributed by atoms with E-state index in [2.05, 4.69) is 5.32 Å². The van der Waals surface area contributed by atoms with Gasteiger partial charge in [-0.2, -0.15) is 13.2 Å². The molecule has 0 unspecified atom stereocenters. The van der Waals surface area contributed by atoms with E-state index in [1.165, 1.54) is 11.0 Å². The molecular weight excluding hydrogens is 613 g/mol.